The van der Waals surface area contributed by atoms with E-state index in [9.17, 15) is 0 Å². The minimum absolute atomic E-state index is 0. The first-order valence-electron chi connectivity index (χ1n) is 7.92. The molecule has 0 saturated heterocycles. The van der Waals surface area contributed by atoms with Crippen LogP contribution in [0, 0.1) is 0 Å². The van der Waals surface area contributed by atoms with E-state index in [1.807, 2.05) is 49.3 Å². The number of guanidine groups is 1. The summed E-state index contributed by atoms with van der Waals surface area (Å²) < 4.78 is 7.30. The van der Waals surface area contributed by atoms with E-state index >= 15 is 0 Å². The number of nitrogens with zero attached hydrogens (tertiary/aromatic N) is 6. The zero-order valence-corrected chi connectivity index (χ0v) is 17.3. The van der Waals surface area contributed by atoms with E-state index in [1.165, 1.54) is 0 Å². The number of aryl methyl sites for hydroxylation is 1. The fraction of sp³-hybridized carbons (Fsp3) is 0.294. The van der Waals surface area contributed by atoms with Crippen LogP contribution in [-0.4, -0.2) is 44.7 Å². The second kappa shape index (κ2) is 9.32. The fourth-order valence-corrected chi connectivity index (χ4v) is 2.41. The Bertz CT molecular complexity index is 844. The number of rotatable bonds is 5. The van der Waals surface area contributed by atoms with Crippen LogP contribution in [-0.2, 0) is 20.1 Å². The summed E-state index contributed by atoms with van der Waals surface area (Å²) in [6, 6.07) is 9.82. The first-order chi connectivity index (χ1) is 12.2. The van der Waals surface area contributed by atoms with Gasteiger partial charge in [0.05, 0.1) is 18.8 Å². The number of aliphatic imine (C=N–C) groups is 1. The molecule has 2 aromatic heterocycles. The highest BCUT2D eigenvalue weighted by Crippen LogP contribution is 2.17. The SMILES string of the molecule is CN=C(NCc1coc(-c2ccccc2)n1)N(C)Cc1ncnn1C.I. The quantitative estimate of drug-likeness (QED) is 0.352. The summed E-state index contributed by atoms with van der Waals surface area (Å²) in [5.74, 6) is 2.21. The highest BCUT2D eigenvalue weighted by molar-refractivity contribution is 14.0. The minimum atomic E-state index is 0. The van der Waals surface area contributed by atoms with Gasteiger partial charge in [0.15, 0.2) is 5.96 Å². The van der Waals surface area contributed by atoms with Crippen LogP contribution in [0.1, 0.15) is 11.5 Å². The number of oxazole rings is 1. The number of aromatic nitrogens is 4. The van der Waals surface area contributed by atoms with Crippen LogP contribution in [0.3, 0.4) is 0 Å². The van der Waals surface area contributed by atoms with Gasteiger partial charge >= 0.3 is 0 Å². The van der Waals surface area contributed by atoms with Gasteiger partial charge in [-0.1, -0.05) is 18.2 Å². The van der Waals surface area contributed by atoms with Crippen LogP contribution in [0.2, 0.25) is 0 Å². The molecular formula is C17H22IN7O. The van der Waals surface area contributed by atoms with Gasteiger partial charge in [-0.05, 0) is 12.1 Å². The highest BCUT2D eigenvalue weighted by atomic mass is 127. The molecule has 0 fully saturated rings. The third-order valence-corrected chi connectivity index (χ3v) is 3.76. The summed E-state index contributed by atoms with van der Waals surface area (Å²) in [5, 5.41) is 7.35. The predicted octanol–water partition coefficient (Wildman–Crippen LogP) is 2.30. The first-order valence-corrected chi connectivity index (χ1v) is 7.92. The van der Waals surface area contributed by atoms with E-state index in [-0.39, 0.29) is 24.0 Å². The van der Waals surface area contributed by atoms with Crippen LogP contribution in [0.5, 0.6) is 0 Å². The first kappa shape index (κ1) is 19.9. The summed E-state index contributed by atoms with van der Waals surface area (Å²) in [6.45, 7) is 1.12. The highest BCUT2D eigenvalue weighted by Gasteiger charge is 2.11. The Morgan fingerprint density at radius 2 is 2.08 bits per heavy atom. The Morgan fingerprint density at radius 1 is 1.31 bits per heavy atom. The van der Waals surface area contributed by atoms with E-state index in [4.69, 9.17) is 4.42 Å². The second-order valence-electron chi connectivity index (χ2n) is 5.57. The molecule has 0 aliphatic rings. The number of hydrogen-bond acceptors (Lipinski definition) is 5. The van der Waals surface area contributed by atoms with Crippen molar-refractivity contribution in [3.8, 4) is 11.5 Å². The number of nitrogens with one attached hydrogen (secondary N) is 1. The summed E-state index contributed by atoms with van der Waals surface area (Å²) in [5.41, 5.74) is 1.77. The molecule has 0 atom stereocenters. The molecule has 3 rings (SSSR count). The Balaban J connectivity index is 0.00000243. The van der Waals surface area contributed by atoms with E-state index in [0.717, 1.165) is 23.0 Å². The molecule has 0 unspecified atom stereocenters. The summed E-state index contributed by atoms with van der Waals surface area (Å²) in [7, 11) is 5.56. The fourth-order valence-electron chi connectivity index (χ4n) is 2.41. The Morgan fingerprint density at radius 3 is 2.73 bits per heavy atom. The molecule has 0 saturated carbocycles. The summed E-state index contributed by atoms with van der Waals surface area (Å²) in [6.07, 6.45) is 3.20. The third kappa shape index (κ3) is 4.81. The largest absolute Gasteiger partial charge is 0.444 e. The second-order valence-corrected chi connectivity index (χ2v) is 5.57. The van der Waals surface area contributed by atoms with Gasteiger partial charge in [-0.15, -0.1) is 24.0 Å². The van der Waals surface area contributed by atoms with Crippen molar-refractivity contribution in [1.29, 1.82) is 0 Å². The van der Waals surface area contributed by atoms with Crippen molar-refractivity contribution in [2.24, 2.45) is 12.0 Å². The Kier molecular flexibility index (Phi) is 7.13. The topological polar surface area (TPSA) is 84.4 Å². The maximum Gasteiger partial charge on any atom is 0.226 e. The molecule has 3 aromatic rings. The lowest BCUT2D eigenvalue weighted by molar-refractivity contribution is 0.448. The molecule has 0 bridgehead atoms. The minimum Gasteiger partial charge on any atom is -0.444 e. The molecule has 1 aromatic carbocycles. The lowest BCUT2D eigenvalue weighted by Crippen LogP contribution is -2.38. The van der Waals surface area contributed by atoms with Crippen molar-refractivity contribution in [2.45, 2.75) is 13.1 Å². The number of hydrogen-bond donors (Lipinski definition) is 1. The molecule has 0 aliphatic carbocycles. The molecule has 2 heterocycles. The lowest BCUT2D eigenvalue weighted by Gasteiger charge is -2.21. The number of halogens is 1. The van der Waals surface area contributed by atoms with Crippen LogP contribution in [0.4, 0.5) is 0 Å². The van der Waals surface area contributed by atoms with Crippen molar-refractivity contribution < 1.29 is 4.42 Å². The van der Waals surface area contributed by atoms with E-state index in [1.54, 1.807) is 24.3 Å². The molecule has 138 valence electrons. The van der Waals surface area contributed by atoms with Gasteiger partial charge in [-0.25, -0.2) is 9.97 Å². The van der Waals surface area contributed by atoms with Crippen LogP contribution in [0.25, 0.3) is 11.5 Å². The number of benzene rings is 1. The molecular weight excluding hydrogens is 445 g/mol. The maximum atomic E-state index is 5.55. The average molecular weight is 467 g/mol. The summed E-state index contributed by atoms with van der Waals surface area (Å²) >= 11 is 0. The van der Waals surface area contributed by atoms with E-state index in [0.29, 0.717) is 19.0 Å². The van der Waals surface area contributed by atoms with Gasteiger partial charge in [0.25, 0.3) is 0 Å². The smallest absolute Gasteiger partial charge is 0.226 e. The average Bonchev–Trinajstić information content (AvgIpc) is 3.26. The van der Waals surface area contributed by atoms with Crippen molar-refractivity contribution >= 4 is 29.9 Å². The lowest BCUT2D eigenvalue weighted by atomic mass is 10.2. The molecule has 1 N–H and O–H groups in total. The zero-order valence-electron chi connectivity index (χ0n) is 15.0. The van der Waals surface area contributed by atoms with Crippen LogP contribution >= 0.6 is 24.0 Å². The molecule has 0 aliphatic heterocycles. The predicted molar refractivity (Wildman–Crippen MR) is 110 cm³/mol. The molecule has 0 amide bonds. The zero-order chi connectivity index (χ0) is 17.6. The molecule has 8 nitrogen and oxygen atoms in total. The van der Waals surface area contributed by atoms with Gasteiger partial charge in [0.1, 0.15) is 18.4 Å². The maximum absolute atomic E-state index is 5.55. The monoisotopic (exact) mass is 467 g/mol. The summed E-state index contributed by atoms with van der Waals surface area (Å²) in [4.78, 5) is 15.0. The van der Waals surface area contributed by atoms with Crippen molar-refractivity contribution in [3.05, 3.63) is 54.4 Å². The van der Waals surface area contributed by atoms with Gasteiger partial charge < -0.3 is 14.6 Å². The molecule has 0 spiro atoms. The molecule has 26 heavy (non-hydrogen) atoms. The van der Waals surface area contributed by atoms with Gasteiger partial charge in [0, 0.05) is 26.7 Å². The van der Waals surface area contributed by atoms with Crippen molar-refractivity contribution in [1.82, 2.24) is 30.0 Å². The Labute approximate surface area is 169 Å². The Hall–Kier alpha value is -2.43. The third-order valence-electron chi connectivity index (χ3n) is 3.76. The van der Waals surface area contributed by atoms with Gasteiger partial charge in [-0.2, -0.15) is 5.10 Å². The van der Waals surface area contributed by atoms with Crippen molar-refractivity contribution in [3.63, 3.8) is 0 Å². The van der Waals surface area contributed by atoms with E-state index in [2.05, 4.69) is 25.4 Å². The van der Waals surface area contributed by atoms with Gasteiger partial charge in [-0.3, -0.25) is 9.67 Å². The standard InChI is InChI=1S/C17H21N7O.HI/c1-18-17(23(2)10-15-20-12-21-24(15)3)19-9-14-11-25-16(22-14)13-7-5-4-6-8-13;/h4-8,11-12H,9-10H2,1-3H3,(H,18,19);1H. The van der Waals surface area contributed by atoms with Crippen molar-refractivity contribution in [2.75, 3.05) is 14.1 Å². The van der Waals surface area contributed by atoms with E-state index < -0.39 is 0 Å². The van der Waals surface area contributed by atoms with Gasteiger partial charge in [0.2, 0.25) is 5.89 Å². The normalized spacial score (nSPS) is 11.1. The molecule has 0 radical (unpaired) electrons. The van der Waals surface area contributed by atoms with Crippen LogP contribution in [0.15, 0.2) is 52.3 Å². The van der Waals surface area contributed by atoms with Crippen LogP contribution < -0.4 is 5.32 Å². The molecule has 9 heteroatoms.